The molecule has 24 heavy (non-hydrogen) atoms. The Balaban J connectivity index is 1.39. The topological polar surface area (TPSA) is 55.9 Å². The van der Waals surface area contributed by atoms with Crippen LogP contribution in [-0.4, -0.2) is 85.4 Å². The first-order chi connectivity index (χ1) is 11.7. The van der Waals surface area contributed by atoms with Crippen molar-refractivity contribution in [1.29, 1.82) is 0 Å². The van der Waals surface area contributed by atoms with Gasteiger partial charge in [0.2, 0.25) is 11.8 Å². The summed E-state index contributed by atoms with van der Waals surface area (Å²) in [6.45, 7) is 7.91. The van der Waals surface area contributed by atoms with E-state index in [1.807, 2.05) is 9.80 Å². The number of carbonyl (C=O) groups excluding carboxylic acids is 2. The van der Waals surface area contributed by atoms with Crippen molar-refractivity contribution < 1.29 is 9.59 Å². The van der Waals surface area contributed by atoms with Crippen LogP contribution in [0.1, 0.15) is 38.5 Å². The molecule has 0 aromatic heterocycles. The third-order valence-corrected chi connectivity index (χ3v) is 5.69. The van der Waals surface area contributed by atoms with E-state index in [1.54, 1.807) is 0 Å². The molecule has 136 valence electrons. The third-order valence-electron chi connectivity index (χ3n) is 5.69. The van der Waals surface area contributed by atoms with E-state index in [0.717, 1.165) is 78.0 Å². The summed E-state index contributed by atoms with van der Waals surface area (Å²) in [5, 5.41) is 3.37. The summed E-state index contributed by atoms with van der Waals surface area (Å²) >= 11 is 0. The molecule has 2 amide bonds. The van der Waals surface area contributed by atoms with Crippen LogP contribution in [0.3, 0.4) is 0 Å². The van der Waals surface area contributed by atoms with E-state index in [1.165, 1.54) is 6.42 Å². The Kier molecular flexibility index (Phi) is 6.49. The molecule has 6 nitrogen and oxygen atoms in total. The zero-order chi connectivity index (χ0) is 16.8. The van der Waals surface area contributed by atoms with Crippen molar-refractivity contribution in [2.24, 2.45) is 5.92 Å². The van der Waals surface area contributed by atoms with Gasteiger partial charge in [0, 0.05) is 45.7 Å². The van der Waals surface area contributed by atoms with Crippen LogP contribution in [0, 0.1) is 5.92 Å². The molecule has 1 unspecified atom stereocenters. The molecule has 3 heterocycles. The largest absolute Gasteiger partial charge is 0.342 e. The van der Waals surface area contributed by atoms with Crippen LogP contribution < -0.4 is 5.32 Å². The van der Waals surface area contributed by atoms with Gasteiger partial charge in [-0.05, 0) is 51.1 Å². The van der Waals surface area contributed by atoms with Crippen LogP contribution in [0.15, 0.2) is 0 Å². The number of rotatable bonds is 5. The highest BCUT2D eigenvalue weighted by molar-refractivity contribution is 5.78. The van der Waals surface area contributed by atoms with Crippen LogP contribution in [0.4, 0.5) is 0 Å². The lowest BCUT2D eigenvalue weighted by Crippen LogP contribution is -2.41. The number of nitrogens with one attached hydrogen (secondary N) is 1. The highest BCUT2D eigenvalue weighted by atomic mass is 16.2. The average Bonchev–Trinajstić information content (AvgIpc) is 3.24. The SMILES string of the molecule is O=C(CCC1CCNC1)N1CCCN(CC(=O)N2CCCC2)CC1. The second kappa shape index (κ2) is 8.81. The Morgan fingerprint density at radius 3 is 2.38 bits per heavy atom. The minimum absolute atomic E-state index is 0.265. The quantitative estimate of drug-likeness (QED) is 0.796. The molecule has 1 atom stereocenters. The van der Waals surface area contributed by atoms with E-state index < -0.39 is 0 Å². The summed E-state index contributed by atoms with van der Waals surface area (Å²) in [5.74, 6) is 1.24. The fourth-order valence-corrected chi connectivity index (χ4v) is 4.08. The number of hydrogen-bond donors (Lipinski definition) is 1. The summed E-state index contributed by atoms with van der Waals surface area (Å²) in [6, 6.07) is 0. The van der Waals surface area contributed by atoms with Crippen LogP contribution in [0.2, 0.25) is 0 Å². The van der Waals surface area contributed by atoms with Crippen molar-refractivity contribution in [3.63, 3.8) is 0 Å². The lowest BCUT2D eigenvalue weighted by molar-refractivity contribution is -0.131. The summed E-state index contributed by atoms with van der Waals surface area (Å²) in [5.41, 5.74) is 0. The number of carbonyl (C=O) groups is 2. The van der Waals surface area contributed by atoms with Gasteiger partial charge in [-0.2, -0.15) is 0 Å². The van der Waals surface area contributed by atoms with Crippen molar-refractivity contribution in [2.75, 3.05) is 58.9 Å². The highest BCUT2D eigenvalue weighted by Gasteiger charge is 2.24. The average molecular weight is 336 g/mol. The van der Waals surface area contributed by atoms with E-state index >= 15 is 0 Å². The van der Waals surface area contributed by atoms with Gasteiger partial charge in [0.1, 0.15) is 0 Å². The molecule has 3 fully saturated rings. The monoisotopic (exact) mass is 336 g/mol. The Bertz CT molecular complexity index is 431. The van der Waals surface area contributed by atoms with Gasteiger partial charge in [-0.25, -0.2) is 0 Å². The molecular formula is C18H32N4O2. The molecule has 3 aliphatic heterocycles. The van der Waals surface area contributed by atoms with Crippen molar-refractivity contribution >= 4 is 11.8 Å². The maximum absolute atomic E-state index is 12.5. The molecule has 0 spiro atoms. The van der Waals surface area contributed by atoms with Gasteiger partial charge in [0.15, 0.2) is 0 Å². The number of hydrogen-bond acceptors (Lipinski definition) is 4. The Morgan fingerprint density at radius 1 is 0.875 bits per heavy atom. The summed E-state index contributed by atoms with van der Waals surface area (Å²) in [4.78, 5) is 31.0. The van der Waals surface area contributed by atoms with E-state index in [-0.39, 0.29) is 5.91 Å². The van der Waals surface area contributed by atoms with Crippen LogP contribution in [-0.2, 0) is 9.59 Å². The lowest BCUT2D eigenvalue weighted by Gasteiger charge is -2.24. The molecule has 0 radical (unpaired) electrons. The van der Waals surface area contributed by atoms with Gasteiger partial charge >= 0.3 is 0 Å². The number of nitrogens with zero attached hydrogens (tertiary/aromatic N) is 3. The van der Waals surface area contributed by atoms with Gasteiger partial charge in [-0.1, -0.05) is 0 Å². The smallest absolute Gasteiger partial charge is 0.236 e. The molecule has 3 aliphatic rings. The molecule has 0 bridgehead atoms. The fraction of sp³-hybridized carbons (Fsp3) is 0.889. The lowest BCUT2D eigenvalue weighted by atomic mass is 10.0. The van der Waals surface area contributed by atoms with E-state index in [9.17, 15) is 9.59 Å². The summed E-state index contributed by atoms with van der Waals surface area (Å²) < 4.78 is 0. The first kappa shape index (κ1) is 17.7. The Labute approximate surface area is 145 Å². The second-order valence-electron chi connectivity index (χ2n) is 7.50. The maximum Gasteiger partial charge on any atom is 0.236 e. The first-order valence-electron chi connectivity index (χ1n) is 9.71. The molecule has 3 rings (SSSR count). The molecule has 3 saturated heterocycles. The number of amides is 2. The zero-order valence-electron chi connectivity index (χ0n) is 14.8. The van der Waals surface area contributed by atoms with Gasteiger partial charge in [0.25, 0.3) is 0 Å². The zero-order valence-corrected chi connectivity index (χ0v) is 14.8. The fourth-order valence-electron chi connectivity index (χ4n) is 4.08. The highest BCUT2D eigenvalue weighted by Crippen LogP contribution is 2.16. The Morgan fingerprint density at radius 2 is 1.62 bits per heavy atom. The standard InChI is InChI=1S/C18H32N4O2/c23-17(5-4-16-6-7-19-14-16)22-11-3-8-20(12-13-22)15-18(24)21-9-1-2-10-21/h16,19H,1-15H2. The van der Waals surface area contributed by atoms with Crippen molar-refractivity contribution in [2.45, 2.75) is 38.5 Å². The molecule has 0 aliphatic carbocycles. The minimum atomic E-state index is 0.265. The predicted molar refractivity (Wildman–Crippen MR) is 93.7 cm³/mol. The minimum Gasteiger partial charge on any atom is -0.342 e. The second-order valence-corrected chi connectivity index (χ2v) is 7.50. The van der Waals surface area contributed by atoms with E-state index in [4.69, 9.17) is 0 Å². The molecular weight excluding hydrogens is 304 g/mol. The number of likely N-dealkylation sites (tertiary alicyclic amines) is 1. The van der Waals surface area contributed by atoms with E-state index in [2.05, 4.69) is 10.2 Å². The molecule has 0 aromatic carbocycles. The molecule has 6 heteroatoms. The maximum atomic E-state index is 12.5. The molecule has 1 N–H and O–H groups in total. The molecule has 0 aromatic rings. The van der Waals surface area contributed by atoms with Gasteiger partial charge in [-0.3, -0.25) is 14.5 Å². The van der Waals surface area contributed by atoms with Gasteiger partial charge in [0.05, 0.1) is 6.54 Å². The van der Waals surface area contributed by atoms with Crippen molar-refractivity contribution in [3.8, 4) is 0 Å². The van der Waals surface area contributed by atoms with Crippen LogP contribution >= 0.6 is 0 Å². The predicted octanol–water partition coefficient (Wildman–Crippen LogP) is 0.533. The van der Waals surface area contributed by atoms with Gasteiger partial charge in [-0.15, -0.1) is 0 Å². The third kappa shape index (κ3) is 4.93. The van der Waals surface area contributed by atoms with Crippen LogP contribution in [0.25, 0.3) is 0 Å². The van der Waals surface area contributed by atoms with E-state index in [0.29, 0.717) is 24.8 Å². The first-order valence-corrected chi connectivity index (χ1v) is 9.71. The normalized spacial score (nSPS) is 25.9. The Hall–Kier alpha value is -1.14. The van der Waals surface area contributed by atoms with Crippen molar-refractivity contribution in [3.05, 3.63) is 0 Å². The van der Waals surface area contributed by atoms with Gasteiger partial charge < -0.3 is 15.1 Å². The van der Waals surface area contributed by atoms with Crippen molar-refractivity contribution in [1.82, 2.24) is 20.0 Å². The summed E-state index contributed by atoms with van der Waals surface area (Å²) in [7, 11) is 0. The molecule has 0 saturated carbocycles. The van der Waals surface area contributed by atoms with Crippen LogP contribution in [0.5, 0.6) is 0 Å². The summed E-state index contributed by atoms with van der Waals surface area (Å²) in [6.07, 6.45) is 6.16.